The van der Waals surface area contributed by atoms with E-state index in [4.69, 9.17) is 4.74 Å². The Balaban J connectivity index is 1.61. The van der Waals surface area contributed by atoms with Gasteiger partial charge in [0.05, 0.1) is 5.39 Å². The highest BCUT2D eigenvalue weighted by molar-refractivity contribution is 7.18. The fraction of sp³-hybridized carbons (Fsp3) is 0.381. The van der Waals surface area contributed by atoms with Crippen LogP contribution in [0.25, 0.3) is 10.2 Å². The third-order valence-corrected chi connectivity index (χ3v) is 6.40. The summed E-state index contributed by atoms with van der Waals surface area (Å²) < 4.78 is 5.89. The number of hydrogen-bond donors (Lipinski definition) is 0. The van der Waals surface area contributed by atoms with Crippen LogP contribution < -0.4 is 4.74 Å². The van der Waals surface area contributed by atoms with Crippen molar-refractivity contribution in [3.8, 4) is 5.88 Å². The van der Waals surface area contributed by atoms with Gasteiger partial charge in [0, 0.05) is 10.4 Å². The van der Waals surface area contributed by atoms with E-state index in [1.807, 2.05) is 19.9 Å². The maximum atomic E-state index is 12.7. The molecule has 0 N–H and O–H groups in total. The van der Waals surface area contributed by atoms with Crippen molar-refractivity contribution in [1.82, 2.24) is 9.97 Å². The maximum Gasteiger partial charge on any atom is 0.226 e. The van der Waals surface area contributed by atoms with E-state index in [1.54, 1.807) is 11.3 Å². The lowest BCUT2D eigenvalue weighted by atomic mass is 9.97. The van der Waals surface area contributed by atoms with Gasteiger partial charge in [-0.2, -0.15) is 0 Å². The molecule has 0 fully saturated rings. The topological polar surface area (TPSA) is 52.1 Å². The Labute approximate surface area is 157 Å². The number of fused-ring (bicyclic) bond motifs is 3. The van der Waals surface area contributed by atoms with Gasteiger partial charge in [-0.25, -0.2) is 9.97 Å². The van der Waals surface area contributed by atoms with E-state index in [-0.39, 0.29) is 12.4 Å². The molecular formula is C21H22N2O2S. The summed E-state index contributed by atoms with van der Waals surface area (Å²) in [6, 6.07) is 4.01. The van der Waals surface area contributed by atoms with Gasteiger partial charge in [0.25, 0.3) is 0 Å². The van der Waals surface area contributed by atoms with E-state index in [2.05, 4.69) is 23.0 Å². The number of hydrogen-bond acceptors (Lipinski definition) is 5. The van der Waals surface area contributed by atoms with Crippen LogP contribution in [0.15, 0.2) is 18.5 Å². The van der Waals surface area contributed by atoms with Gasteiger partial charge in [0.2, 0.25) is 11.7 Å². The van der Waals surface area contributed by atoms with Gasteiger partial charge >= 0.3 is 0 Å². The number of nitrogens with zero attached hydrogens (tertiary/aromatic N) is 2. The Hall–Kier alpha value is -2.27. The number of ether oxygens (including phenoxy) is 1. The minimum Gasteiger partial charge on any atom is -0.469 e. The van der Waals surface area contributed by atoms with Crippen molar-refractivity contribution in [2.75, 3.05) is 6.61 Å². The standard InChI is InChI=1S/C21H22N2O2S/c1-12-8-14(3)16(9-13(12)2)17(24)10-25-20-19-15-6-4-5-7-18(15)26-21(19)23-11-22-20/h8-9,11H,4-7,10H2,1-3H3. The summed E-state index contributed by atoms with van der Waals surface area (Å²) in [7, 11) is 0. The molecule has 0 radical (unpaired) electrons. The third kappa shape index (κ3) is 3.01. The first-order valence-electron chi connectivity index (χ1n) is 9.03. The van der Waals surface area contributed by atoms with Crippen LogP contribution in [0.3, 0.4) is 0 Å². The lowest BCUT2D eigenvalue weighted by Crippen LogP contribution is -2.14. The fourth-order valence-electron chi connectivity index (χ4n) is 3.64. The normalized spacial score (nSPS) is 13.7. The molecule has 4 rings (SSSR count). The smallest absolute Gasteiger partial charge is 0.226 e. The van der Waals surface area contributed by atoms with Gasteiger partial charge in [-0.3, -0.25) is 4.79 Å². The number of aromatic nitrogens is 2. The number of aryl methyl sites for hydroxylation is 5. The average Bonchev–Trinajstić information content (AvgIpc) is 3.02. The number of ketones is 1. The Kier molecular flexibility index (Phi) is 4.49. The van der Waals surface area contributed by atoms with Crippen LogP contribution in [0.5, 0.6) is 5.88 Å². The lowest BCUT2D eigenvalue weighted by molar-refractivity contribution is 0.0918. The van der Waals surface area contributed by atoms with Crippen molar-refractivity contribution in [3.63, 3.8) is 0 Å². The predicted octanol–water partition coefficient (Wildman–Crippen LogP) is 4.76. The Morgan fingerprint density at radius 2 is 1.85 bits per heavy atom. The van der Waals surface area contributed by atoms with Crippen LogP contribution in [-0.2, 0) is 12.8 Å². The molecule has 0 unspecified atom stereocenters. The molecule has 1 aromatic carbocycles. The highest BCUT2D eigenvalue weighted by atomic mass is 32.1. The van der Waals surface area contributed by atoms with Crippen LogP contribution in [0.4, 0.5) is 0 Å². The average molecular weight is 366 g/mol. The predicted molar refractivity (Wildman–Crippen MR) is 105 cm³/mol. The fourth-order valence-corrected chi connectivity index (χ4v) is 4.86. The molecule has 0 spiro atoms. The highest BCUT2D eigenvalue weighted by Gasteiger charge is 2.21. The molecule has 5 heteroatoms. The zero-order valence-electron chi connectivity index (χ0n) is 15.4. The Bertz CT molecular complexity index is 1010. The van der Waals surface area contributed by atoms with Gasteiger partial charge < -0.3 is 4.74 Å². The summed E-state index contributed by atoms with van der Waals surface area (Å²) in [4.78, 5) is 23.8. The second-order valence-electron chi connectivity index (χ2n) is 7.03. The van der Waals surface area contributed by atoms with Gasteiger partial charge in [0.1, 0.15) is 11.2 Å². The van der Waals surface area contributed by atoms with Crippen LogP contribution in [0.1, 0.15) is 50.3 Å². The van der Waals surface area contributed by atoms with Crippen LogP contribution in [0.2, 0.25) is 0 Å². The van der Waals surface area contributed by atoms with Crippen molar-refractivity contribution >= 4 is 27.3 Å². The first kappa shape index (κ1) is 17.2. The molecule has 0 amide bonds. The second-order valence-corrected chi connectivity index (χ2v) is 8.12. The Morgan fingerprint density at radius 1 is 1.08 bits per heavy atom. The minimum atomic E-state index is -0.0125. The first-order valence-corrected chi connectivity index (χ1v) is 9.85. The number of carbonyl (C=O) groups excluding carboxylic acids is 1. The van der Waals surface area contributed by atoms with Crippen molar-refractivity contribution in [2.24, 2.45) is 0 Å². The molecule has 4 nitrogen and oxygen atoms in total. The summed E-state index contributed by atoms with van der Waals surface area (Å²) in [5, 5.41) is 1.01. The van der Waals surface area contributed by atoms with E-state index in [0.717, 1.165) is 39.7 Å². The maximum absolute atomic E-state index is 12.7. The molecule has 0 saturated carbocycles. The highest BCUT2D eigenvalue weighted by Crippen LogP contribution is 2.38. The van der Waals surface area contributed by atoms with Crippen molar-refractivity contribution in [2.45, 2.75) is 46.5 Å². The Morgan fingerprint density at radius 3 is 2.69 bits per heavy atom. The first-order chi connectivity index (χ1) is 12.5. The SMILES string of the molecule is Cc1cc(C)c(C(=O)COc2ncnc3sc4c(c23)CCCC4)cc1C. The summed E-state index contributed by atoms with van der Waals surface area (Å²) in [6.45, 7) is 6.06. The van der Waals surface area contributed by atoms with Gasteiger partial charge in [-0.1, -0.05) is 6.07 Å². The molecule has 0 saturated heterocycles. The number of rotatable bonds is 4. The van der Waals surface area contributed by atoms with Crippen molar-refractivity contribution in [1.29, 1.82) is 0 Å². The zero-order valence-corrected chi connectivity index (χ0v) is 16.2. The summed E-state index contributed by atoms with van der Waals surface area (Å²) >= 11 is 1.73. The van der Waals surface area contributed by atoms with E-state index in [1.165, 1.54) is 35.2 Å². The summed E-state index contributed by atoms with van der Waals surface area (Å²) in [6.07, 6.45) is 6.10. The monoisotopic (exact) mass is 366 g/mol. The molecule has 1 aliphatic rings. The molecule has 134 valence electrons. The second kappa shape index (κ2) is 6.80. The molecule has 2 heterocycles. The molecule has 0 aliphatic heterocycles. The summed E-state index contributed by atoms with van der Waals surface area (Å²) in [5.41, 5.74) is 5.35. The van der Waals surface area contributed by atoms with Crippen LogP contribution >= 0.6 is 11.3 Å². The van der Waals surface area contributed by atoms with Crippen LogP contribution in [-0.4, -0.2) is 22.4 Å². The van der Waals surface area contributed by atoms with E-state index in [9.17, 15) is 4.79 Å². The lowest BCUT2D eigenvalue weighted by Gasteiger charge is -2.12. The molecule has 3 aromatic rings. The number of benzene rings is 1. The number of thiophene rings is 1. The number of carbonyl (C=O) groups is 1. The van der Waals surface area contributed by atoms with E-state index in [0.29, 0.717) is 5.88 Å². The molecule has 1 aliphatic carbocycles. The molecule has 26 heavy (non-hydrogen) atoms. The van der Waals surface area contributed by atoms with Crippen LogP contribution in [0, 0.1) is 20.8 Å². The molecule has 2 aromatic heterocycles. The van der Waals surface area contributed by atoms with Gasteiger partial charge in [0.15, 0.2) is 6.61 Å². The zero-order chi connectivity index (χ0) is 18.3. The van der Waals surface area contributed by atoms with Crippen molar-refractivity contribution in [3.05, 3.63) is 51.2 Å². The summed E-state index contributed by atoms with van der Waals surface area (Å²) in [5.74, 6) is 0.533. The molecule has 0 bridgehead atoms. The van der Waals surface area contributed by atoms with E-state index >= 15 is 0 Å². The van der Waals surface area contributed by atoms with Gasteiger partial charge in [-0.05, 0) is 74.8 Å². The largest absolute Gasteiger partial charge is 0.469 e. The minimum absolute atomic E-state index is 0.0000737. The van der Waals surface area contributed by atoms with Gasteiger partial charge in [-0.15, -0.1) is 11.3 Å². The molecule has 0 atom stereocenters. The van der Waals surface area contributed by atoms with E-state index < -0.39 is 0 Å². The quantitative estimate of drug-likeness (QED) is 0.625. The van der Waals surface area contributed by atoms with Crippen molar-refractivity contribution < 1.29 is 9.53 Å². The third-order valence-electron chi connectivity index (χ3n) is 5.20. The molecular weight excluding hydrogens is 344 g/mol. The number of Topliss-reactive ketones (excluding diaryl/α,β-unsaturated/α-hetero) is 1.